The van der Waals surface area contributed by atoms with Crippen molar-refractivity contribution in [2.45, 2.75) is 42.9 Å². The first-order valence-corrected chi connectivity index (χ1v) is 22.1. The molecule has 9 heteroatoms. The Morgan fingerprint density at radius 1 is 0.641 bits per heavy atom. The van der Waals surface area contributed by atoms with Crippen molar-refractivity contribution in [3.8, 4) is 0 Å². The molecule has 0 saturated carbocycles. The number of carbonyl (C=O) groups excluding carboxylic acids is 1. The molecule has 7 aromatic carbocycles. The van der Waals surface area contributed by atoms with Gasteiger partial charge in [0.2, 0.25) is 5.78 Å². The largest absolute Gasteiger partial charge is 0.416 e. The van der Waals surface area contributed by atoms with E-state index in [1.165, 1.54) is 137 Å². The van der Waals surface area contributed by atoms with Gasteiger partial charge in [0, 0.05) is 53.9 Å². The topological polar surface area (TPSA) is 42.9 Å². The Morgan fingerprint density at radius 3 is 2.20 bits per heavy atom. The molecular weight excluding hydrogens is 819 g/mol. The van der Waals surface area contributed by atoms with E-state index in [1.54, 1.807) is 11.1 Å². The molecule has 0 radical (unpaired) electrons. The Balaban J connectivity index is 0.914. The summed E-state index contributed by atoms with van der Waals surface area (Å²) in [6, 6.07) is 10.6. The number of rotatable bonds is 2. The zero-order valence-corrected chi connectivity index (χ0v) is 32.9. The molecule has 0 aliphatic heterocycles. The second-order valence-electron chi connectivity index (χ2n) is 20.1. The molecule has 6 unspecified atom stereocenters. The molecule has 0 bridgehead atoms. The first kappa shape index (κ1) is 31.9. The van der Waals surface area contributed by atoms with Gasteiger partial charge >= 0.3 is 12.4 Å². The zero-order valence-electron chi connectivity index (χ0n) is 32.9. The Morgan fingerprint density at radius 2 is 1.39 bits per heavy atom. The molecule has 19 rings (SSSR count). The highest BCUT2D eigenvalue weighted by atomic mass is 19.4. The second-order valence-corrected chi connectivity index (χ2v) is 20.1. The fourth-order valence-electron chi connectivity index (χ4n) is 16.5. The van der Waals surface area contributed by atoms with Gasteiger partial charge in [0.25, 0.3) is 0 Å². The molecule has 8 aromatic rings. The third kappa shape index (κ3) is 2.85. The number of hydrogen-bond donors (Lipinski definition) is 0. The molecule has 1 heterocycles. The molecule has 300 valence electrons. The van der Waals surface area contributed by atoms with E-state index in [-0.39, 0.29) is 29.5 Å². The van der Waals surface area contributed by atoms with Crippen molar-refractivity contribution in [2.24, 2.45) is 17.8 Å². The van der Waals surface area contributed by atoms with Gasteiger partial charge in [0.05, 0.1) is 28.7 Å². The van der Waals surface area contributed by atoms with Crippen LogP contribution in [-0.4, -0.2) is 15.8 Å². The van der Waals surface area contributed by atoms with Gasteiger partial charge in [-0.25, -0.2) is 4.98 Å². The van der Waals surface area contributed by atoms with Crippen LogP contribution in [0.4, 0.5) is 26.3 Å². The zero-order chi connectivity index (χ0) is 41.8. The minimum absolute atomic E-state index is 0.0351. The Hall–Kier alpha value is -6.87. The summed E-state index contributed by atoms with van der Waals surface area (Å²) in [7, 11) is 0. The number of ketones is 1. The number of carbonyl (C=O) groups is 1. The normalized spacial score (nSPS) is 27.0. The SMILES string of the molecule is O=C(c1cc(C(F)(F)F)cc(C(F)(F)F)c1)c1cnc2c(n1)CC1=C(C2)C2=c3ccc4c5ccc6c7c8c9c%10c%11c%12c(c3c4c(c%129)c75)C2C2C1=C1C=CC3=C4C=CC6C8C4C=%10C3C1=C%112. The number of halogens is 6. The molecule has 11 aliphatic carbocycles. The van der Waals surface area contributed by atoms with Gasteiger partial charge in [0.1, 0.15) is 5.69 Å². The van der Waals surface area contributed by atoms with E-state index in [0.29, 0.717) is 54.1 Å². The van der Waals surface area contributed by atoms with Crippen molar-refractivity contribution >= 4 is 76.4 Å². The summed E-state index contributed by atoms with van der Waals surface area (Å²) in [5, 5.41) is 17.2. The molecule has 11 aliphatic rings. The van der Waals surface area contributed by atoms with Crippen LogP contribution >= 0.6 is 0 Å². The number of hydrogen-bond acceptors (Lipinski definition) is 3. The maximum Gasteiger partial charge on any atom is 0.416 e. The molecule has 1 aromatic heterocycles. The highest BCUT2D eigenvalue weighted by Crippen LogP contribution is 2.75. The van der Waals surface area contributed by atoms with Gasteiger partial charge in [-0.3, -0.25) is 9.78 Å². The van der Waals surface area contributed by atoms with Crippen LogP contribution in [-0.2, 0) is 25.2 Å². The van der Waals surface area contributed by atoms with Gasteiger partial charge in [0.15, 0.2) is 0 Å². The van der Waals surface area contributed by atoms with Gasteiger partial charge in [-0.15, -0.1) is 0 Å². The number of aromatic nitrogens is 2. The van der Waals surface area contributed by atoms with Crippen LogP contribution in [0.2, 0.25) is 0 Å². The van der Waals surface area contributed by atoms with Crippen molar-refractivity contribution in [3.05, 3.63) is 178 Å². The van der Waals surface area contributed by atoms with Crippen molar-refractivity contribution in [1.82, 2.24) is 9.97 Å². The first-order chi connectivity index (χ1) is 31.0. The van der Waals surface area contributed by atoms with Crippen LogP contribution in [0.5, 0.6) is 0 Å². The predicted octanol–water partition coefficient (Wildman–Crippen LogP) is 10.9. The van der Waals surface area contributed by atoms with Crippen LogP contribution in [0.25, 0.3) is 70.6 Å². The third-order valence-corrected chi connectivity index (χ3v) is 18.1. The maximum absolute atomic E-state index is 13.9. The molecule has 0 spiro atoms. The van der Waals surface area contributed by atoms with Crippen molar-refractivity contribution in [1.29, 1.82) is 0 Å². The summed E-state index contributed by atoms with van der Waals surface area (Å²) in [4.78, 5) is 23.5. The summed E-state index contributed by atoms with van der Waals surface area (Å²) >= 11 is 0. The Labute approximate surface area is 355 Å². The molecule has 3 nitrogen and oxygen atoms in total. The number of alkyl halides is 6. The minimum atomic E-state index is -5.09. The lowest BCUT2D eigenvalue weighted by Crippen LogP contribution is -2.35. The monoisotopic (exact) mass is 840 g/mol. The summed E-state index contributed by atoms with van der Waals surface area (Å²) < 4.78 is 83.3. The average molecular weight is 841 g/mol. The van der Waals surface area contributed by atoms with E-state index in [4.69, 9.17) is 9.97 Å². The maximum atomic E-state index is 13.9. The number of allylic oxidation sites excluding steroid dienone is 12. The van der Waals surface area contributed by atoms with Crippen LogP contribution in [0.1, 0.15) is 78.6 Å². The lowest BCUT2D eigenvalue weighted by molar-refractivity contribution is -0.143. The fourth-order valence-corrected chi connectivity index (χ4v) is 16.5. The van der Waals surface area contributed by atoms with Crippen molar-refractivity contribution < 1.29 is 31.1 Å². The molecule has 0 saturated heterocycles. The third-order valence-electron chi connectivity index (χ3n) is 18.1. The molecule has 0 fully saturated rings. The summed E-state index contributed by atoms with van der Waals surface area (Å²) in [5.74, 6) is 0.367. The van der Waals surface area contributed by atoms with E-state index in [0.717, 1.165) is 0 Å². The standard InChI is InChI=1S/C55H22F6N2O/c56-54(57,58)16-9-15(10-17(11-16)55(59,60)61)53(64)30-14-62-28-12-26-27(13-29(28)63-30)32-25-8-6-23-21-4-2-19-18-1-3-20-22-5-7-24-31(26)41-42(32)47-40(25)38(23)45-36(21)34(19)43-33(18)35(20)44-37(22)39(24)46(41)51-49(44)48(43)50(45)52(47)51/h1-11,14,19,34,36,38,41-42H,12-13H2. The van der Waals surface area contributed by atoms with Crippen LogP contribution < -0.4 is 10.4 Å². The molecular formula is C55H22F6N2O. The quantitative estimate of drug-likeness (QED) is 0.0989. The Bertz CT molecular complexity index is 4280. The summed E-state index contributed by atoms with van der Waals surface area (Å²) in [6.45, 7) is 0. The van der Waals surface area contributed by atoms with Crippen LogP contribution in [0.15, 0.2) is 112 Å². The van der Waals surface area contributed by atoms with Gasteiger partial charge in [-0.2, -0.15) is 26.3 Å². The number of fused-ring (bicyclic) bond motifs is 5. The van der Waals surface area contributed by atoms with Crippen molar-refractivity contribution in [3.63, 3.8) is 0 Å². The predicted molar refractivity (Wildman–Crippen MR) is 228 cm³/mol. The van der Waals surface area contributed by atoms with Gasteiger partial charge < -0.3 is 0 Å². The molecule has 64 heavy (non-hydrogen) atoms. The van der Waals surface area contributed by atoms with E-state index >= 15 is 0 Å². The molecule has 6 atom stereocenters. The molecule has 0 N–H and O–H groups in total. The van der Waals surface area contributed by atoms with E-state index < -0.39 is 34.8 Å². The fraction of sp³-hybridized carbons (Fsp3) is 0.182. The van der Waals surface area contributed by atoms with Gasteiger partial charge in [-0.05, 0) is 160 Å². The highest BCUT2D eigenvalue weighted by Gasteiger charge is 2.62. The number of nitrogens with zero attached hydrogens (tertiary/aromatic N) is 2. The highest BCUT2D eigenvalue weighted by molar-refractivity contribution is 6.47. The second kappa shape index (κ2) is 8.94. The number of benzene rings is 5. The average Bonchev–Trinajstić information content (AvgIpc) is 4.12. The smallest absolute Gasteiger partial charge is 0.287 e. The molecule has 0 amide bonds. The van der Waals surface area contributed by atoms with Crippen molar-refractivity contribution in [2.75, 3.05) is 0 Å². The summed E-state index contributed by atoms with van der Waals surface area (Å²) in [6.07, 6.45) is 1.59. The lowest BCUT2D eigenvalue weighted by atomic mass is 9.60. The van der Waals surface area contributed by atoms with E-state index in [2.05, 4.69) is 48.6 Å². The Kier molecular flexibility index (Phi) is 4.45. The van der Waals surface area contributed by atoms with E-state index in [9.17, 15) is 31.1 Å². The van der Waals surface area contributed by atoms with E-state index in [1.807, 2.05) is 0 Å². The lowest BCUT2D eigenvalue weighted by Gasteiger charge is -2.42. The van der Waals surface area contributed by atoms with Crippen LogP contribution in [0, 0.1) is 17.8 Å². The van der Waals surface area contributed by atoms with Gasteiger partial charge in [-0.1, -0.05) is 48.6 Å². The minimum Gasteiger partial charge on any atom is -0.287 e. The first-order valence-electron chi connectivity index (χ1n) is 22.1. The van der Waals surface area contributed by atoms with Crippen LogP contribution in [0.3, 0.4) is 0 Å². The summed E-state index contributed by atoms with van der Waals surface area (Å²) in [5.41, 5.74) is 16.9.